The average molecular weight is 126 g/mol. The van der Waals surface area contributed by atoms with Crippen LogP contribution in [0.25, 0.3) is 0 Å². The predicted molar refractivity (Wildman–Crippen MR) is 41.6 cm³/mol. The molecule has 0 aromatic rings. The Hall–Kier alpha value is -0.790. The highest BCUT2D eigenvalue weighted by Gasteiger charge is 1.81. The number of nitrogens with zero attached hydrogens (tertiary/aromatic N) is 1. The molecule has 0 bridgehead atoms. The Morgan fingerprint density at radius 1 is 1.78 bits per heavy atom. The molecule has 2 nitrogen and oxygen atoms in total. The third-order valence-electron chi connectivity index (χ3n) is 0.939. The molecule has 0 aliphatic rings. The van der Waals surface area contributed by atoms with Crippen molar-refractivity contribution in [3.63, 3.8) is 0 Å². The Morgan fingerprint density at radius 2 is 2.44 bits per heavy atom. The summed E-state index contributed by atoms with van der Waals surface area (Å²) in [5, 5.41) is 3.16. The maximum Gasteiger partial charge on any atom is 0.0447 e. The van der Waals surface area contributed by atoms with E-state index in [0.29, 0.717) is 0 Å². The summed E-state index contributed by atoms with van der Waals surface area (Å²) in [5.74, 6) is 0. The van der Waals surface area contributed by atoms with Gasteiger partial charge in [-0.3, -0.25) is 4.99 Å². The Morgan fingerprint density at radius 3 is 2.89 bits per heavy atom. The van der Waals surface area contributed by atoms with Gasteiger partial charge in [0.2, 0.25) is 0 Å². The van der Waals surface area contributed by atoms with Crippen molar-refractivity contribution in [2.75, 3.05) is 6.54 Å². The van der Waals surface area contributed by atoms with Crippen molar-refractivity contribution in [1.82, 2.24) is 5.32 Å². The normalized spacial score (nSPS) is 11.1. The van der Waals surface area contributed by atoms with Crippen molar-refractivity contribution in [2.24, 2.45) is 4.99 Å². The highest BCUT2D eigenvalue weighted by Crippen LogP contribution is 1.85. The molecule has 0 aliphatic carbocycles. The fourth-order valence-corrected chi connectivity index (χ4v) is 0.505. The molecule has 2 heteroatoms. The van der Waals surface area contributed by atoms with E-state index in [1.165, 1.54) is 0 Å². The van der Waals surface area contributed by atoms with Crippen molar-refractivity contribution < 1.29 is 0 Å². The van der Waals surface area contributed by atoms with Crippen LogP contribution in [0.4, 0.5) is 0 Å². The summed E-state index contributed by atoms with van der Waals surface area (Å²) >= 11 is 0. The summed E-state index contributed by atoms with van der Waals surface area (Å²) in [5.41, 5.74) is 1.08. The molecule has 0 heterocycles. The van der Waals surface area contributed by atoms with Crippen LogP contribution < -0.4 is 5.32 Å². The lowest BCUT2D eigenvalue weighted by molar-refractivity contribution is 0.767. The third kappa shape index (κ3) is 5.07. The fourth-order valence-electron chi connectivity index (χ4n) is 0.505. The van der Waals surface area contributed by atoms with E-state index >= 15 is 0 Å². The second-order valence-corrected chi connectivity index (χ2v) is 1.92. The van der Waals surface area contributed by atoms with Gasteiger partial charge in [0.15, 0.2) is 0 Å². The number of nitrogens with one attached hydrogen (secondary N) is 1. The van der Waals surface area contributed by atoms with Gasteiger partial charge in [0.1, 0.15) is 0 Å². The summed E-state index contributed by atoms with van der Waals surface area (Å²) < 4.78 is 0. The summed E-state index contributed by atoms with van der Waals surface area (Å²) in [7, 11) is 0. The first-order valence-electron chi connectivity index (χ1n) is 3.17. The minimum absolute atomic E-state index is 1.01. The van der Waals surface area contributed by atoms with Crippen molar-refractivity contribution in [3.8, 4) is 0 Å². The third-order valence-corrected chi connectivity index (χ3v) is 0.939. The molecule has 1 N–H and O–H groups in total. The molecule has 0 spiro atoms. The minimum Gasteiger partial charge on any atom is -0.387 e. The lowest BCUT2D eigenvalue weighted by atomic mass is 10.4. The topological polar surface area (TPSA) is 24.4 Å². The smallest absolute Gasteiger partial charge is 0.0447 e. The van der Waals surface area contributed by atoms with Crippen LogP contribution in [0.2, 0.25) is 0 Å². The second kappa shape index (κ2) is 5.35. The lowest BCUT2D eigenvalue weighted by Gasteiger charge is -2.00. The molecule has 0 unspecified atom stereocenters. The highest BCUT2D eigenvalue weighted by atomic mass is 14.9. The van der Waals surface area contributed by atoms with Gasteiger partial charge in [-0.25, -0.2) is 0 Å². The summed E-state index contributed by atoms with van der Waals surface area (Å²) in [6.07, 6.45) is 2.86. The first-order chi connectivity index (χ1) is 4.31. The van der Waals surface area contributed by atoms with Crippen molar-refractivity contribution in [1.29, 1.82) is 0 Å². The van der Waals surface area contributed by atoms with Crippen LogP contribution in [0, 0.1) is 0 Å². The van der Waals surface area contributed by atoms with Crippen molar-refractivity contribution >= 4 is 6.72 Å². The van der Waals surface area contributed by atoms with E-state index in [9.17, 15) is 0 Å². The van der Waals surface area contributed by atoms with Gasteiger partial charge in [-0.15, -0.1) is 0 Å². The number of rotatable bonds is 4. The summed E-state index contributed by atoms with van der Waals surface area (Å²) in [4.78, 5) is 3.61. The molecule has 0 fully saturated rings. The van der Waals surface area contributed by atoms with E-state index < -0.39 is 0 Å². The number of hydrogen-bond donors (Lipinski definition) is 1. The van der Waals surface area contributed by atoms with E-state index in [2.05, 4.69) is 24.0 Å². The molecule has 0 saturated carbocycles. The summed E-state index contributed by atoms with van der Waals surface area (Å²) in [6, 6.07) is 0. The van der Waals surface area contributed by atoms with E-state index in [0.717, 1.165) is 18.7 Å². The number of allylic oxidation sites excluding steroid dienone is 1. The van der Waals surface area contributed by atoms with Gasteiger partial charge in [-0.2, -0.15) is 0 Å². The van der Waals surface area contributed by atoms with Crippen LogP contribution in [-0.4, -0.2) is 13.3 Å². The van der Waals surface area contributed by atoms with Crippen LogP contribution in [0.1, 0.15) is 20.3 Å². The van der Waals surface area contributed by atoms with Crippen LogP contribution in [0.5, 0.6) is 0 Å². The Kier molecular flexibility index (Phi) is 4.88. The van der Waals surface area contributed by atoms with Crippen LogP contribution >= 0.6 is 0 Å². The maximum atomic E-state index is 3.61. The largest absolute Gasteiger partial charge is 0.387 e. The fraction of sp³-hybridized carbons (Fsp3) is 0.571. The van der Waals surface area contributed by atoms with Gasteiger partial charge < -0.3 is 5.32 Å². The zero-order valence-electron chi connectivity index (χ0n) is 6.15. The van der Waals surface area contributed by atoms with Gasteiger partial charge >= 0.3 is 0 Å². The molecule has 0 atom stereocenters. The monoisotopic (exact) mass is 126 g/mol. The second-order valence-electron chi connectivity index (χ2n) is 1.92. The van der Waals surface area contributed by atoms with E-state index in [4.69, 9.17) is 0 Å². The van der Waals surface area contributed by atoms with Gasteiger partial charge in [0, 0.05) is 18.4 Å². The number of aliphatic imine (C=N–C) groups is 1. The standard InChI is InChI=1S/C7H14N2/c1-4-5-9-7(2)6-8-3/h6,9H,3-5H2,1-2H3/b7-6-. The lowest BCUT2D eigenvalue weighted by Crippen LogP contribution is -2.10. The van der Waals surface area contributed by atoms with E-state index in [1.54, 1.807) is 6.20 Å². The van der Waals surface area contributed by atoms with Gasteiger partial charge in [0.25, 0.3) is 0 Å². The molecule has 0 radical (unpaired) electrons. The highest BCUT2D eigenvalue weighted by molar-refractivity contribution is 5.26. The molecule has 9 heavy (non-hydrogen) atoms. The molecular formula is C7H14N2. The minimum atomic E-state index is 1.01. The summed E-state index contributed by atoms with van der Waals surface area (Å²) in [6.45, 7) is 8.46. The Labute approximate surface area is 56.7 Å². The van der Waals surface area contributed by atoms with Crippen molar-refractivity contribution in [2.45, 2.75) is 20.3 Å². The first kappa shape index (κ1) is 8.21. The van der Waals surface area contributed by atoms with Crippen LogP contribution in [-0.2, 0) is 0 Å². The molecule has 0 aromatic carbocycles. The van der Waals surface area contributed by atoms with Gasteiger partial charge in [-0.1, -0.05) is 6.92 Å². The zero-order chi connectivity index (χ0) is 7.11. The zero-order valence-corrected chi connectivity index (χ0v) is 6.15. The quantitative estimate of drug-likeness (QED) is 0.568. The SMILES string of the molecule is C=N/C=C(/C)NCCC. The van der Waals surface area contributed by atoms with E-state index in [-0.39, 0.29) is 0 Å². The molecule has 0 aromatic heterocycles. The molecule has 0 aliphatic heterocycles. The van der Waals surface area contributed by atoms with Crippen molar-refractivity contribution in [3.05, 3.63) is 11.9 Å². The molecule has 0 rings (SSSR count). The van der Waals surface area contributed by atoms with Crippen LogP contribution in [0.15, 0.2) is 16.9 Å². The Balaban J connectivity index is 3.36. The molecule has 52 valence electrons. The average Bonchev–Trinajstić information content (AvgIpc) is 1.85. The molecule has 0 saturated heterocycles. The van der Waals surface area contributed by atoms with Gasteiger partial charge in [0.05, 0.1) is 0 Å². The maximum absolute atomic E-state index is 3.61. The Bertz CT molecular complexity index is 105. The predicted octanol–water partition coefficient (Wildman–Crippen LogP) is 1.55. The molecule has 0 amide bonds. The van der Waals surface area contributed by atoms with Crippen LogP contribution in [0.3, 0.4) is 0 Å². The molecular weight excluding hydrogens is 112 g/mol. The van der Waals surface area contributed by atoms with E-state index in [1.807, 2.05) is 6.92 Å². The van der Waals surface area contributed by atoms with Gasteiger partial charge in [-0.05, 0) is 20.1 Å². The number of hydrogen-bond acceptors (Lipinski definition) is 2. The first-order valence-corrected chi connectivity index (χ1v) is 3.17.